The summed E-state index contributed by atoms with van der Waals surface area (Å²) in [6.45, 7) is 0.412. The van der Waals surface area contributed by atoms with Gasteiger partial charge in [-0.25, -0.2) is 0 Å². The van der Waals surface area contributed by atoms with Crippen LogP contribution >= 0.6 is 11.6 Å². The van der Waals surface area contributed by atoms with Crippen LogP contribution in [0.5, 0.6) is 0 Å². The SMILES string of the molecule is Nc1cnn(Cc2nnnn2-c2ccccc2Cl)c1. The standard InChI is InChI=1S/C11H10ClN7/c12-9-3-1-2-4-10(9)19-11(15-16-17-19)7-18-6-8(13)5-14-18/h1-6H,7,13H2. The summed E-state index contributed by atoms with van der Waals surface area (Å²) in [5.41, 5.74) is 6.94. The molecule has 8 heteroatoms. The molecule has 0 aliphatic rings. The average molecular weight is 276 g/mol. The molecule has 19 heavy (non-hydrogen) atoms. The number of halogens is 1. The smallest absolute Gasteiger partial charge is 0.178 e. The van der Waals surface area contributed by atoms with Crippen molar-refractivity contribution in [3.8, 4) is 5.69 Å². The molecule has 0 aliphatic carbocycles. The second-order valence-electron chi connectivity index (χ2n) is 3.93. The molecule has 0 atom stereocenters. The summed E-state index contributed by atoms with van der Waals surface area (Å²) in [4.78, 5) is 0. The maximum Gasteiger partial charge on any atom is 0.178 e. The zero-order chi connectivity index (χ0) is 13.2. The Morgan fingerprint density at radius 1 is 1.26 bits per heavy atom. The highest BCUT2D eigenvalue weighted by molar-refractivity contribution is 6.32. The Bertz CT molecular complexity index is 702. The lowest BCUT2D eigenvalue weighted by Gasteiger charge is -2.06. The molecule has 2 N–H and O–H groups in total. The van der Waals surface area contributed by atoms with Crippen LogP contribution in [0.2, 0.25) is 5.02 Å². The minimum Gasteiger partial charge on any atom is -0.396 e. The third-order valence-corrected chi connectivity index (χ3v) is 2.89. The topological polar surface area (TPSA) is 87.4 Å². The van der Waals surface area contributed by atoms with Gasteiger partial charge in [0.25, 0.3) is 0 Å². The van der Waals surface area contributed by atoms with Crippen LogP contribution in [0.1, 0.15) is 5.82 Å². The van der Waals surface area contributed by atoms with Crippen LogP contribution in [0, 0.1) is 0 Å². The van der Waals surface area contributed by atoms with Gasteiger partial charge >= 0.3 is 0 Å². The summed E-state index contributed by atoms with van der Waals surface area (Å²) >= 11 is 6.14. The summed E-state index contributed by atoms with van der Waals surface area (Å²) in [6, 6.07) is 7.36. The minimum atomic E-state index is 0.412. The first kappa shape index (κ1) is 11.7. The van der Waals surface area contributed by atoms with Gasteiger partial charge in [-0.2, -0.15) is 9.78 Å². The predicted octanol–water partition coefficient (Wildman–Crippen LogP) is 1.14. The first-order valence-electron chi connectivity index (χ1n) is 5.54. The van der Waals surface area contributed by atoms with E-state index in [0.29, 0.717) is 23.1 Å². The first-order chi connectivity index (χ1) is 9.24. The van der Waals surface area contributed by atoms with Crippen LogP contribution in [-0.4, -0.2) is 30.0 Å². The van der Waals surface area contributed by atoms with E-state index >= 15 is 0 Å². The van der Waals surface area contributed by atoms with Crippen LogP contribution < -0.4 is 5.73 Å². The van der Waals surface area contributed by atoms with Crippen LogP contribution in [0.4, 0.5) is 5.69 Å². The molecule has 2 heterocycles. The van der Waals surface area contributed by atoms with Crippen molar-refractivity contribution in [2.75, 3.05) is 5.73 Å². The maximum atomic E-state index is 6.14. The molecule has 1 aromatic carbocycles. The van der Waals surface area contributed by atoms with Gasteiger partial charge in [0.05, 0.1) is 22.6 Å². The predicted molar refractivity (Wildman–Crippen MR) is 69.9 cm³/mol. The van der Waals surface area contributed by atoms with E-state index in [-0.39, 0.29) is 0 Å². The monoisotopic (exact) mass is 275 g/mol. The maximum absolute atomic E-state index is 6.14. The number of tetrazole rings is 1. The second-order valence-corrected chi connectivity index (χ2v) is 4.34. The van der Waals surface area contributed by atoms with E-state index in [1.165, 1.54) is 0 Å². The number of aromatic nitrogens is 6. The second kappa shape index (κ2) is 4.69. The van der Waals surface area contributed by atoms with Gasteiger partial charge in [0.2, 0.25) is 0 Å². The van der Waals surface area contributed by atoms with Crippen molar-refractivity contribution in [3.63, 3.8) is 0 Å². The molecule has 0 fully saturated rings. The van der Waals surface area contributed by atoms with Gasteiger partial charge in [0.1, 0.15) is 6.54 Å². The molecule has 0 aliphatic heterocycles. The Kier molecular flexibility index (Phi) is 2.88. The number of hydrogen-bond acceptors (Lipinski definition) is 5. The molecule has 3 rings (SSSR count). The van der Waals surface area contributed by atoms with Gasteiger partial charge in [0, 0.05) is 6.20 Å². The van der Waals surface area contributed by atoms with Crippen molar-refractivity contribution in [1.82, 2.24) is 30.0 Å². The van der Waals surface area contributed by atoms with E-state index in [9.17, 15) is 0 Å². The van der Waals surface area contributed by atoms with Crippen molar-refractivity contribution in [3.05, 3.63) is 47.5 Å². The number of hydrogen-bond donors (Lipinski definition) is 1. The molecule has 96 valence electrons. The number of nitrogens with zero attached hydrogens (tertiary/aromatic N) is 6. The van der Waals surface area contributed by atoms with E-state index in [1.807, 2.05) is 18.2 Å². The van der Waals surface area contributed by atoms with Gasteiger partial charge < -0.3 is 5.73 Å². The quantitative estimate of drug-likeness (QED) is 0.774. The number of benzene rings is 1. The summed E-state index contributed by atoms with van der Waals surface area (Å²) in [5, 5.41) is 16.3. The van der Waals surface area contributed by atoms with Gasteiger partial charge in [-0.1, -0.05) is 23.7 Å². The summed E-state index contributed by atoms with van der Waals surface area (Å²) < 4.78 is 3.24. The van der Waals surface area contributed by atoms with Gasteiger partial charge in [-0.05, 0) is 22.6 Å². The van der Waals surface area contributed by atoms with Crippen molar-refractivity contribution in [2.24, 2.45) is 0 Å². The highest BCUT2D eigenvalue weighted by Gasteiger charge is 2.11. The molecule has 0 saturated heterocycles. The Hall–Kier alpha value is -2.41. The van der Waals surface area contributed by atoms with Gasteiger partial charge in [-0.3, -0.25) is 4.68 Å². The Balaban J connectivity index is 1.97. The summed E-state index contributed by atoms with van der Waals surface area (Å²) in [6.07, 6.45) is 3.29. The van der Waals surface area contributed by atoms with Gasteiger partial charge in [0.15, 0.2) is 5.82 Å². The fourth-order valence-electron chi connectivity index (χ4n) is 1.73. The van der Waals surface area contributed by atoms with Crippen molar-refractivity contribution in [1.29, 1.82) is 0 Å². The molecule has 7 nitrogen and oxygen atoms in total. The van der Waals surface area contributed by atoms with Crippen molar-refractivity contribution < 1.29 is 0 Å². The zero-order valence-corrected chi connectivity index (χ0v) is 10.6. The molecule has 0 amide bonds. The molecule has 0 spiro atoms. The van der Waals surface area contributed by atoms with Crippen LogP contribution in [0.25, 0.3) is 5.69 Å². The van der Waals surface area contributed by atoms with E-state index < -0.39 is 0 Å². The molecule has 0 saturated carbocycles. The number of nitrogen functional groups attached to an aromatic ring is 1. The molecular formula is C11H10ClN7. The minimum absolute atomic E-state index is 0.412. The van der Waals surface area contributed by atoms with Gasteiger partial charge in [-0.15, -0.1) is 5.10 Å². The third kappa shape index (κ3) is 2.27. The van der Waals surface area contributed by atoms with Crippen LogP contribution in [0.15, 0.2) is 36.7 Å². The first-order valence-corrected chi connectivity index (χ1v) is 5.92. The Labute approximate surface area is 113 Å². The Morgan fingerprint density at radius 3 is 2.84 bits per heavy atom. The molecule has 0 radical (unpaired) electrons. The number of rotatable bonds is 3. The number of anilines is 1. The molecule has 0 unspecified atom stereocenters. The number of para-hydroxylation sites is 1. The van der Waals surface area contributed by atoms with Crippen molar-refractivity contribution in [2.45, 2.75) is 6.54 Å². The lowest BCUT2D eigenvalue weighted by atomic mass is 10.3. The van der Waals surface area contributed by atoms with E-state index in [2.05, 4.69) is 20.6 Å². The largest absolute Gasteiger partial charge is 0.396 e. The normalized spacial score (nSPS) is 10.8. The lowest BCUT2D eigenvalue weighted by Crippen LogP contribution is -2.09. The summed E-state index contributed by atoms with van der Waals surface area (Å²) in [7, 11) is 0. The Morgan fingerprint density at radius 2 is 2.11 bits per heavy atom. The summed E-state index contributed by atoms with van der Waals surface area (Å²) in [5.74, 6) is 0.621. The molecular weight excluding hydrogens is 266 g/mol. The van der Waals surface area contributed by atoms with Crippen LogP contribution in [0.3, 0.4) is 0 Å². The average Bonchev–Trinajstić information content (AvgIpc) is 3.00. The zero-order valence-electron chi connectivity index (χ0n) is 9.81. The fraction of sp³-hybridized carbons (Fsp3) is 0.0909. The lowest BCUT2D eigenvalue weighted by molar-refractivity contribution is 0.635. The van der Waals surface area contributed by atoms with E-state index in [1.54, 1.807) is 27.8 Å². The van der Waals surface area contributed by atoms with E-state index in [4.69, 9.17) is 17.3 Å². The van der Waals surface area contributed by atoms with E-state index in [0.717, 1.165) is 5.69 Å². The third-order valence-electron chi connectivity index (χ3n) is 2.57. The number of nitrogens with two attached hydrogens (primary N) is 1. The molecule has 0 bridgehead atoms. The molecule has 3 aromatic rings. The molecule has 2 aromatic heterocycles. The van der Waals surface area contributed by atoms with Crippen LogP contribution in [-0.2, 0) is 6.54 Å². The van der Waals surface area contributed by atoms with Crippen molar-refractivity contribution >= 4 is 17.3 Å². The highest BCUT2D eigenvalue weighted by atomic mass is 35.5. The highest BCUT2D eigenvalue weighted by Crippen LogP contribution is 2.19. The fourth-order valence-corrected chi connectivity index (χ4v) is 1.94.